The van der Waals surface area contributed by atoms with Crippen molar-refractivity contribution < 1.29 is 4.39 Å². The average molecular weight is 247 g/mol. The molecular formula is C14H14FNS. The fourth-order valence-electron chi connectivity index (χ4n) is 1.65. The Morgan fingerprint density at radius 3 is 2.65 bits per heavy atom. The highest BCUT2D eigenvalue weighted by molar-refractivity contribution is 7.10. The maximum Gasteiger partial charge on any atom is 0.123 e. The van der Waals surface area contributed by atoms with Crippen LogP contribution in [0.4, 0.5) is 10.1 Å². The molecular weight excluding hydrogens is 233 g/mol. The number of hydrogen-bond acceptors (Lipinski definition) is 2. The minimum absolute atomic E-state index is 0.206. The van der Waals surface area contributed by atoms with Gasteiger partial charge in [0.05, 0.1) is 6.04 Å². The monoisotopic (exact) mass is 247 g/mol. The Hall–Kier alpha value is -1.61. The zero-order chi connectivity index (χ0) is 12.1. The van der Waals surface area contributed by atoms with Crippen LogP contribution in [0, 0.1) is 5.82 Å². The molecule has 1 aromatic carbocycles. The number of rotatable bonds is 5. The fourth-order valence-corrected chi connectivity index (χ4v) is 2.44. The first-order valence-electron chi connectivity index (χ1n) is 5.46. The van der Waals surface area contributed by atoms with E-state index in [0.29, 0.717) is 0 Å². The van der Waals surface area contributed by atoms with Gasteiger partial charge in [0.1, 0.15) is 5.82 Å². The molecule has 0 saturated heterocycles. The summed E-state index contributed by atoms with van der Waals surface area (Å²) in [5.74, 6) is -0.216. The molecule has 88 valence electrons. The van der Waals surface area contributed by atoms with Crippen molar-refractivity contribution >= 4 is 17.0 Å². The molecule has 0 radical (unpaired) electrons. The first-order valence-corrected chi connectivity index (χ1v) is 6.34. The van der Waals surface area contributed by atoms with Gasteiger partial charge < -0.3 is 5.32 Å². The fraction of sp³-hybridized carbons (Fsp3) is 0.143. The van der Waals surface area contributed by atoms with Gasteiger partial charge in [-0.05, 0) is 42.1 Å². The molecule has 1 N–H and O–H groups in total. The molecule has 0 fully saturated rings. The quantitative estimate of drug-likeness (QED) is 0.760. The summed E-state index contributed by atoms with van der Waals surface area (Å²) in [7, 11) is 0. The minimum atomic E-state index is -0.216. The van der Waals surface area contributed by atoms with Crippen molar-refractivity contribution in [1.29, 1.82) is 0 Å². The maximum absolute atomic E-state index is 12.8. The van der Waals surface area contributed by atoms with Crippen LogP contribution in [-0.2, 0) is 0 Å². The Balaban J connectivity index is 2.13. The molecule has 17 heavy (non-hydrogen) atoms. The number of anilines is 1. The summed E-state index contributed by atoms with van der Waals surface area (Å²) in [5.41, 5.74) is 0.923. The highest BCUT2D eigenvalue weighted by atomic mass is 32.1. The number of benzene rings is 1. The van der Waals surface area contributed by atoms with Crippen LogP contribution in [-0.4, -0.2) is 0 Å². The van der Waals surface area contributed by atoms with E-state index in [1.165, 1.54) is 17.0 Å². The summed E-state index contributed by atoms with van der Waals surface area (Å²) < 4.78 is 12.8. The standard InChI is InChI=1S/C14H14FNS/c1-2-4-13(14-5-3-10-17-14)16-12-8-6-11(15)7-9-12/h2-3,5-10,13,16H,1,4H2. The summed E-state index contributed by atoms with van der Waals surface area (Å²) >= 11 is 1.71. The van der Waals surface area contributed by atoms with Crippen LogP contribution in [0.25, 0.3) is 0 Å². The zero-order valence-corrected chi connectivity index (χ0v) is 10.2. The van der Waals surface area contributed by atoms with E-state index in [0.717, 1.165) is 12.1 Å². The van der Waals surface area contributed by atoms with Crippen LogP contribution >= 0.6 is 11.3 Å². The van der Waals surface area contributed by atoms with Gasteiger partial charge in [0, 0.05) is 10.6 Å². The smallest absolute Gasteiger partial charge is 0.123 e. The largest absolute Gasteiger partial charge is 0.377 e. The molecule has 0 spiro atoms. The summed E-state index contributed by atoms with van der Waals surface area (Å²) in [6.07, 6.45) is 2.73. The molecule has 3 heteroatoms. The lowest BCUT2D eigenvalue weighted by atomic mass is 10.1. The van der Waals surface area contributed by atoms with Crippen LogP contribution in [0.1, 0.15) is 17.3 Å². The van der Waals surface area contributed by atoms with Gasteiger partial charge in [-0.15, -0.1) is 17.9 Å². The van der Waals surface area contributed by atoms with E-state index < -0.39 is 0 Å². The Bertz CT molecular complexity index is 461. The Kier molecular flexibility index (Phi) is 3.94. The van der Waals surface area contributed by atoms with Gasteiger partial charge in [-0.3, -0.25) is 0 Å². The second-order valence-electron chi connectivity index (χ2n) is 3.74. The first kappa shape index (κ1) is 11.9. The second-order valence-corrected chi connectivity index (χ2v) is 4.72. The molecule has 1 unspecified atom stereocenters. The van der Waals surface area contributed by atoms with E-state index in [1.54, 1.807) is 23.5 Å². The number of halogens is 1. The third kappa shape index (κ3) is 3.17. The summed E-state index contributed by atoms with van der Waals surface area (Å²) in [4.78, 5) is 1.26. The van der Waals surface area contributed by atoms with Crippen LogP contribution in [0.2, 0.25) is 0 Å². The molecule has 0 aliphatic rings. The SMILES string of the molecule is C=CCC(Nc1ccc(F)cc1)c1cccs1. The van der Waals surface area contributed by atoms with E-state index in [1.807, 2.05) is 12.1 Å². The minimum Gasteiger partial charge on any atom is -0.377 e. The average Bonchev–Trinajstić information content (AvgIpc) is 2.85. The highest BCUT2D eigenvalue weighted by Gasteiger charge is 2.10. The van der Waals surface area contributed by atoms with Gasteiger partial charge in [0.15, 0.2) is 0 Å². The molecule has 1 nitrogen and oxygen atoms in total. The van der Waals surface area contributed by atoms with E-state index in [4.69, 9.17) is 0 Å². The van der Waals surface area contributed by atoms with Gasteiger partial charge in [-0.1, -0.05) is 12.1 Å². The lowest BCUT2D eigenvalue weighted by Crippen LogP contribution is -2.08. The van der Waals surface area contributed by atoms with Crippen molar-refractivity contribution in [2.75, 3.05) is 5.32 Å². The lowest BCUT2D eigenvalue weighted by molar-refractivity contribution is 0.628. The van der Waals surface area contributed by atoms with Gasteiger partial charge in [-0.25, -0.2) is 4.39 Å². The Morgan fingerprint density at radius 1 is 1.29 bits per heavy atom. The van der Waals surface area contributed by atoms with Crippen molar-refractivity contribution in [3.8, 4) is 0 Å². The highest BCUT2D eigenvalue weighted by Crippen LogP contribution is 2.26. The van der Waals surface area contributed by atoms with Gasteiger partial charge in [0.25, 0.3) is 0 Å². The third-order valence-corrected chi connectivity index (χ3v) is 3.46. The van der Waals surface area contributed by atoms with Crippen molar-refractivity contribution in [1.82, 2.24) is 0 Å². The Labute approximate surface area is 105 Å². The van der Waals surface area contributed by atoms with Crippen molar-refractivity contribution in [2.24, 2.45) is 0 Å². The number of hydrogen-bond donors (Lipinski definition) is 1. The van der Waals surface area contributed by atoms with Crippen molar-refractivity contribution in [3.05, 3.63) is 65.1 Å². The molecule has 1 heterocycles. The topological polar surface area (TPSA) is 12.0 Å². The number of nitrogens with one attached hydrogen (secondary N) is 1. The molecule has 2 aromatic rings. The normalized spacial score (nSPS) is 12.1. The predicted molar refractivity (Wildman–Crippen MR) is 71.9 cm³/mol. The molecule has 0 amide bonds. The van der Waals surface area contributed by atoms with E-state index in [2.05, 4.69) is 23.3 Å². The van der Waals surface area contributed by atoms with E-state index >= 15 is 0 Å². The Morgan fingerprint density at radius 2 is 2.06 bits per heavy atom. The molecule has 0 aliphatic heterocycles. The van der Waals surface area contributed by atoms with Crippen LogP contribution in [0.5, 0.6) is 0 Å². The number of thiophene rings is 1. The van der Waals surface area contributed by atoms with Crippen LogP contribution < -0.4 is 5.32 Å². The second kappa shape index (κ2) is 5.64. The lowest BCUT2D eigenvalue weighted by Gasteiger charge is -2.17. The predicted octanol–water partition coefficient (Wildman–Crippen LogP) is 4.62. The first-order chi connectivity index (χ1) is 8.29. The van der Waals surface area contributed by atoms with Crippen LogP contribution in [0.15, 0.2) is 54.4 Å². The van der Waals surface area contributed by atoms with Gasteiger partial charge in [-0.2, -0.15) is 0 Å². The molecule has 2 rings (SSSR count). The molecule has 1 atom stereocenters. The van der Waals surface area contributed by atoms with Crippen LogP contribution in [0.3, 0.4) is 0 Å². The van der Waals surface area contributed by atoms with Gasteiger partial charge >= 0.3 is 0 Å². The van der Waals surface area contributed by atoms with Gasteiger partial charge in [0.2, 0.25) is 0 Å². The van der Waals surface area contributed by atoms with Crippen molar-refractivity contribution in [3.63, 3.8) is 0 Å². The maximum atomic E-state index is 12.8. The van der Waals surface area contributed by atoms with E-state index in [-0.39, 0.29) is 11.9 Å². The third-order valence-electron chi connectivity index (χ3n) is 2.47. The molecule has 0 aliphatic carbocycles. The van der Waals surface area contributed by atoms with Crippen molar-refractivity contribution in [2.45, 2.75) is 12.5 Å². The zero-order valence-electron chi connectivity index (χ0n) is 9.40. The molecule has 1 aromatic heterocycles. The molecule has 0 bridgehead atoms. The summed E-state index contributed by atoms with van der Waals surface area (Å²) in [6.45, 7) is 3.77. The molecule has 0 saturated carbocycles. The van der Waals surface area contributed by atoms with E-state index in [9.17, 15) is 4.39 Å². The summed E-state index contributed by atoms with van der Waals surface area (Å²) in [6, 6.07) is 10.7. The summed E-state index contributed by atoms with van der Waals surface area (Å²) in [5, 5.41) is 5.44.